The lowest BCUT2D eigenvalue weighted by molar-refractivity contribution is -0.151. The number of carbonyl (C=O) groups excluding carboxylic acids is 1. The van der Waals surface area contributed by atoms with E-state index in [2.05, 4.69) is 4.98 Å². The Hall–Kier alpha value is -2.73. The smallest absolute Gasteiger partial charge is 0.347 e. The van der Waals surface area contributed by atoms with Crippen LogP contribution in [0.4, 0.5) is 0 Å². The van der Waals surface area contributed by atoms with Crippen LogP contribution < -0.4 is 10.4 Å². The zero-order valence-corrected chi connectivity index (χ0v) is 14.7. The molecule has 134 valence electrons. The maximum Gasteiger partial charge on any atom is 0.347 e. The number of carbonyl (C=O) groups is 1. The minimum Gasteiger partial charge on any atom is -0.478 e. The Morgan fingerprint density at radius 1 is 1.31 bits per heavy atom. The van der Waals surface area contributed by atoms with Crippen LogP contribution in [0, 0.1) is 0 Å². The van der Waals surface area contributed by atoms with Crippen molar-refractivity contribution in [2.75, 3.05) is 6.61 Å². The van der Waals surface area contributed by atoms with E-state index < -0.39 is 12.1 Å². The van der Waals surface area contributed by atoms with Crippen LogP contribution in [0.25, 0.3) is 11.0 Å². The molecule has 0 saturated heterocycles. The summed E-state index contributed by atoms with van der Waals surface area (Å²) in [7, 11) is 0. The first-order valence-corrected chi connectivity index (χ1v) is 8.79. The highest BCUT2D eigenvalue weighted by molar-refractivity contribution is 6.30. The number of benzene rings is 2. The van der Waals surface area contributed by atoms with Crippen LogP contribution >= 0.6 is 11.6 Å². The molecule has 2 aromatic carbocycles. The van der Waals surface area contributed by atoms with E-state index in [0.29, 0.717) is 30.2 Å². The zero-order chi connectivity index (χ0) is 18.1. The molecule has 0 aliphatic carbocycles. The zero-order valence-electron chi connectivity index (χ0n) is 13.9. The number of fused-ring (bicyclic) bond motifs is 2. The Morgan fingerprint density at radius 3 is 3.04 bits per heavy atom. The number of nitrogens with one attached hydrogen (secondary N) is 1. The van der Waals surface area contributed by atoms with Crippen molar-refractivity contribution < 1.29 is 14.3 Å². The average molecular weight is 373 g/mol. The molecule has 2 heterocycles. The summed E-state index contributed by atoms with van der Waals surface area (Å²) in [5.74, 6) is 0.269. The Morgan fingerprint density at radius 2 is 2.15 bits per heavy atom. The van der Waals surface area contributed by atoms with E-state index in [1.165, 1.54) is 0 Å². The molecule has 4 rings (SSSR count). The van der Waals surface area contributed by atoms with Gasteiger partial charge in [0.1, 0.15) is 5.75 Å². The lowest BCUT2D eigenvalue weighted by Crippen LogP contribution is -2.28. The lowest BCUT2D eigenvalue weighted by Gasteiger charge is -2.10. The normalized spacial score (nSPS) is 15.7. The van der Waals surface area contributed by atoms with Crippen molar-refractivity contribution in [2.45, 2.75) is 25.5 Å². The third-order valence-corrected chi connectivity index (χ3v) is 4.65. The van der Waals surface area contributed by atoms with Gasteiger partial charge >= 0.3 is 11.7 Å². The topological polar surface area (TPSA) is 73.3 Å². The lowest BCUT2D eigenvalue weighted by atomic mass is 10.1. The number of H-pyrrole nitrogens is 1. The molecule has 0 unspecified atom stereocenters. The molecular weight excluding hydrogens is 356 g/mol. The predicted octanol–water partition coefficient (Wildman–Crippen LogP) is 2.92. The van der Waals surface area contributed by atoms with Gasteiger partial charge in [0, 0.05) is 18.0 Å². The summed E-state index contributed by atoms with van der Waals surface area (Å²) in [6.45, 7) is 0.694. The van der Waals surface area contributed by atoms with E-state index in [1.54, 1.807) is 22.8 Å². The van der Waals surface area contributed by atoms with Gasteiger partial charge in [-0.1, -0.05) is 23.7 Å². The van der Waals surface area contributed by atoms with Crippen molar-refractivity contribution in [3.05, 3.63) is 63.5 Å². The highest BCUT2D eigenvalue weighted by Crippen LogP contribution is 2.31. The summed E-state index contributed by atoms with van der Waals surface area (Å²) in [6, 6.07) is 12.8. The van der Waals surface area contributed by atoms with E-state index in [1.807, 2.05) is 24.3 Å². The third kappa shape index (κ3) is 3.20. The van der Waals surface area contributed by atoms with Crippen LogP contribution in [0.5, 0.6) is 5.75 Å². The number of aryl methyl sites for hydroxylation is 1. The molecular formula is C19H17ClN2O4. The van der Waals surface area contributed by atoms with Crippen molar-refractivity contribution in [3.8, 4) is 5.75 Å². The summed E-state index contributed by atoms with van der Waals surface area (Å²) >= 11 is 5.95. The highest BCUT2D eigenvalue weighted by Gasteiger charge is 2.30. The van der Waals surface area contributed by atoms with Gasteiger partial charge in [-0.25, -0.2) is 9.59 Å². The van der Waals surface area contributed by atoms with E-state index in [-0.39, 0.29) is 12.3 Å². The highest BCUT2D eigenvalue weighted by atomic mass is 35.5. The second kappa shape index (κ2) is 6.88. The first-order valence-electron chi connectivity index (χ1n) is 8.41. The average Bonchev–Trinajstić information content (AvgIpc) is 3.18. The SMILES string of the molecule is O=C(OCCCn1c(=O)[nH]c2ccccc21)[C@@H]1Cc2cc(Cl)ccc2O1. The fraction of sp³-hybridized carbons (Fsp3) is 0.263. The Bertz CT molecular complexity index is 1020. The first-order chi connectivity index (χ1) is 12.6. The number of nitrogens with zero attached hydrogens (tertiary/aromatic N) is 1. The van der Waals surface area contributed by atoms with Gasteiger partial charge in [0.25, 0.3) is 0 Å². The molecule has 1 aromatic heterocycles. The van der Waals surface area contributed by atoms with Crippen LogP contribution in [0.1, 0.15) is 12.0 Å². The summed E-state index contributed by atoms with van der Waals surface area (Å²) in [5, 5.41) is 0.616. The van der Waals surface area contributed by atoms with E-state index in [4.69, 9.17) is 21.1 Å². The fourth-order valence-electron chi connectivity index (χ4n) is 3.17. The van der Waals surface area contributed by atoms with Crippen molar-refractivity contribution in [3.63, 3.8) is 0 Å². The summed E-state index contributed by atoms with van der Waals surface area (Å²) in [6.07, 6.45) is 0.356. The fourth-order valence-corrected chi connectivity index (χ4v) is 3.36. The molecule has 0 amide bonds. The predicted molar refractivity (Wildman–Crippen MR) is 97.7 cm³/mol. The standard InChI is InChI=1S/C19H17ClN2O4/c20-13-6-7-16-12(10-13)11-17(26-16)18(23)25-9-3-8-22-15-5-2-1-4-14(15)21-19(22)24/h1-2,4-7,10,17H,3,8-9,11H2,(H,21,24)/t17-/m0/s1. The molecule has 1 aliphatic heterocycles. The van der Waals surface area contributed by atoms with Gasteiger partial charge in [-0.2, -0.15) is 0 Å². The second-order valence-corrected chi connectivity index (χ2v) is 6.62. The van der Waals surface area contributed by atoms with Gasteiger partial charge in [-0.05, 0) is 42.3 Å². The number of para-hydroxylation sites is 2. The van der Waals surface area contributed by atoms with E-state index in [0.717, 1.165) is 16.6 Å². The van der Waals surface area contributed by atoms with Gasteiger partial charge in [-0.3, -0.25) is 4.57 Å². The molecule has 0 radical (unpaired) electrons. The van der Waals surface area contributed by atoms with Crippen molar-refractivity contribution in [2.24, 2.45) is 0 Å². The molecule has 26 heavy (non-hydrogen) atoms. The number of aromatic amines is 1. The van der Waals surface area contributed by atoms with E-state index in [9.17, 15) is 9.59 Å². The summed E-state index contributed by atoms with van der Waals surface area (Å²) < 4.78 is 12.6. The summed E-state index contributed by atoms with van der Waals surface area (Å²) in [4.78, 5) is 27.0. The number of esters is 1. The number of halogens is 1. The molecule has 3 aromatic rings. The van der Waals surface area contributed by atoms with Gasteiger partial charge in [0.2, 0.25) is 0 Å². The molecule has 0 saturated carbocycles. The Kier molecular flexibility index (Phi) is 4.42. The molecule has 1 aliphatic rings. The molecule has 1 atom stereocenters. The van der Waals surface area contributed by atoms with Crippen LogP contribution in [-0.2, 0) is 22.5 Å². The van der Waals surface area contributed by atoms with Crippen LogP contribution in [-0.4, -0.2) is 28.2 Å². The molecule has 7 heteroatoms. The third-order valence-electron chi connectivity index (χ3n) is 4.41. The molecule has 1 N–H and O–H groups in total. The van der Waals surface area contributed by atoms with Gasteiger partial charge in [-0.15, -0.1) is 0 Å². The van der Waals surface area contributed by atoms with Crippen molar-refractivity contribution in [1.82, 2.24) is 9.55 Å². The second-order valence-electron chi connectivity index (χ2n) is 6.18. The largest absolute Gasteiger partial charge is 0.478 e. The molecule has 0 bridgehead atoms. The van der Waals surface area contributed by atoms with Gasteiger partial charge < -0.3 is 14.5 Å². The monoisotopic (exact) mass is 372 g/mol. The quantitative estimate of drug-likeness (QED) is 0.552. The van der Waals surface area contributed by atoms with Crippen LogP contribution in [0.2, 0.25) is 5.02 Å². The minimum atomic E-state index is -0.640. The van der Waals surface area contributed by atoms with Crippen molar-refractivity contribution >= 4 is 28.6 Å². The Labute approximate surface area is 154 Å². The van der Waals surface area contributed by atoms with Gasteiger partial charge in [0.05, 0.1) is 17.6 Å². The number of imidazole rings is 1. The van der Waals surface area contributed by atoms with Crippen LogP contribution in [0.15, 0.2) is 47.3 Å². The van der Waals surface area contributed by atoms with Crippen molar-refractivity contribution in [1.29, 1.82) is 0 Å². The number of ether oxygens (including phenoxy) is 2. The number of aromatic nitrogens is 2. The summed E-state index contributed by atoms with van der Waals surface area (Å²) in [5.41, 5.74) is 2.38. The number of rotatable bonds is 5. The first kappa shape index (κ1) is 16.7. The number of hydrogen-bond acceptors (Lipinski definition) is 4. The molecule has 0 fully saturated rings. The van der Waals surface area contributed by atoms with Crippen LogP contribution in [0.3, 0.4) is 0 Å². The van der Waals surface area contributed by atoms with Gasteiger partial charge in [0.15, 0.2) is 6.10 Å². The number of hydrogen-bond donors (Lipinski definition) is 1. The molecule has 6 nitrogen and oxygen atoms in total. The maximum atomic E-state index is 12.2. The minimum absolute atomic E-state index is 0.163. The van der Waals surface area contributed by atoms with E-state index >= 15 is 0 Å². The maximum absolute atomic E-state index is 12.2. The molecule has 0 spiro atoms. The Balaban J connectivity index is 1.31.